The number of nitrogens with one attached hydrogen (secondary N) is 2. The van der Waals surface area contributed by atoms with Crippen LogP contribution in [0.1, 0.15) is 21.7 Å². The van der Waals surface area contributed by atoms with Crippen molar-refractivity contribution in [2.75, 3.05) is 23.5 Å². The monoisotopic (exact) mass is 420 g/mol. The van der Waals surface area contributed by atoms with E-state index in [1.165, 1.54) is 12.1 Å². The molecule has 8 heteroatoms. The van der Waals surface area contributed by atoms with Crippen LogP contribution in [-0.4, -0.2) is 18.0 Å². The Balaban J connectivity index is 1.53. The molecule has 158 valence electrons. The zero-order valence-corrected chi connectivity index (χ0v) is 17.0. The molecule has 0 saturated heterocycles. The first-order valence-electron chi connectivity index (χ1n) is 9.57. The maximum Gasteiger partial charge on any atom is 0.291 e. The highest BCUT2D eigenvalue weighted by molar-refractivity contribution is 6.06. The van der Waals surface area contributed by atoms with Gasteiger partial charge in [-0.2, -0.15) is 0 Å². The van der Waals surface area contributed by atoms with Crippen LogP contribution < -0.4 is 21.1 Å². The quantitative estimate of drug-likeness (QED) is 0.417. The molecule has 4 N–H and O–H groups in total. The normalized spacial score (nSPS) is 10.8. The van der Waals surface area contributed by atoms with E-state index < -0.39 is 11.7 Å². The number of hydrogen-bond donors (Lipinski definition) is 3. The number of methoxy groups -OCH3 is 1. The van der Waals surface area contributed by atoms with Crippen LogP contribution >= 0.6 is 0 Å². The average molecular weight is 420 g/mol. The van der Waals surface area contributed by atoms with E-state index in [1.807, 2.05) is 6.07 Å². The molecule has 2 aromatic heterocycles. The van der Waals surface area contributed by atoms with Crippen LogP contribution in [0.25, 0.3) is 11.0 Å². The predicted octanol–water partition coefficient (Wildman–Crippen LogP) is 4.73. The number of rotatable bonds is 6. The van der Waals surface area contributed by atoms with Crippen molar-refractivity contribution >= 4 is 34.1 Å². The van der Waals surface area contributed by atoms with Gasteiger partial charge >= 0.3 is 0 Å². The lowest BCUT2D eigenvalue weighted by atomic mass is 10.1. The molecule has 0 saturated carbocycles. The van der Waals surface area contributed by atoms with Crippen molar-refractivity contribution in [1.29, 1.82) is 0 Å². The number of carbonyl (C=O) groups excluding carboxylic acids is 1. The van der Waals surface area contributed by atoms with Crippen molar-refractivity contribution in [3.8, 4) is 5.75 Å². The van der Waals surface area contributed by atoms with Crippen LogP contribution in [0.2, 0.25) is 0 Å². The minimum absolute atomic E-state index is 0.175. The van der Waals surface area contributed by atoms with Crippen LogP contribution in [0, 0.1) is 12.7 Å². The number of ether oxygens (including phenoxy) is 1. The van der Waals surface area contributed by atoms with Gasteiger partial charge in [-0.25, -0.2) is 9.37 Å². The lowest BCUT2D eigenvalue weighted by molar-refractivity contribution is 0.0998. The summed E-state index contributed by atoms with van der Waals surface area (Å²) in [4.78, 5) is 16.8. The number of carbonyl (C=O) groups is 1. The van der Waals surface area contributed by atoms with E-state index in [4.69, 9.17) is 14.9 Å². The molecule has 0 bridgehead atoms. The Bertz CT molecular complexity index is 1270. The molecular weight excluding hydrogens is 399 g/mol. The molecule has 0 aliphatic carbocycles. The SMILES string of the molecule is COc1ccc2oc(C(=O)Nc3ccc(F)c(CNc4cccnc4N)c3)c(C)c2c1. The first kappa shape index (κ1) is 20.2. The number of benzene rings is 2. The summed E-state index contributed by atoms with van der Waals surface area (Å²) < 4.78 is 25.2. The maximum absolute atomic E-state index is 14.3. The van der Waals surface area contributed by atoms with Gasteiger partial charge in [-0.05, 0) is 55.5 Å². The molecule has 4 aromatic rings. The molecule has 31 heavy (non-hydrogen) atoms. The summed E-state index contributed by atoms with van der Waals surface area (Å²) in [5.74, 6) is 0.364. The summed E-state index contributed by atoms with van der Waals surface area (Å²) in [6, 6.07) is 13.2. The van der Waals surface area contributed by atoms with Crippen molar-refractivity contribution in [1.82, 2.24) is 4.98 Å². The lowest BCUT2D eigenvalue weighted by Gasteiger charge is -2.11. The summed E-state index contributed by atoms with van der Waals surface area (Å²) in [6.45, 7) is 1.98. The Hall–Kier alpha value is -4.07. The molecule has 0 aliphatic heterocycles. The van der Waals surface area contributed by atoms with Gasteiger partial charge in [0.2, 0.25) is 0 Å². The fourth-order valence-electron chi connectivity index (χ4n) is 3.28. The van der Waals surface area contributed by atoms with Crippen LogP contribution in [0.3, 0.4) is 0 Å². The highest BCUT2D eigenvalue weighted by Gasteiger charge is 2.19. The molecular formula is C23H21FN4O3. The summed E-state index contributed by atoms with van der Waals surface area (Å²) in [7, 11) is 1.58. The van der Waals surface area contributed by atoms with Gasteiger partial charge < -0.3 is 25.5 Å². The van der Waals surface area contributed by atoms with E-state index in [0.717, 1.165) is 5.39 Å². The molecule has 0 radical (unpaired) electrons. The van der Waals surface area contributed by atoms with Gasteiger partial charge in [0.05, 0.1) is 12.8 Å². The standard InChI is InChI=1S/C23H21FN4O3/c1-13-17-11-16(30-2)6-8-20(17)31-21(13)23(29)28-15-5-7-18(24)14(10-15)12-27-19-4-3-9-26-22(19)25/h3-11,27H,12H2,1-2H3,(H2,25,26)(H,28,29). The van der Waals surface area contributed by atoms with E-state index >= 15 is 0 Å². The molecule has 1 amide bonds. The number of halogens is 1. The minimum Gasteiger partial charge on any atom is -0.497 e. The van der Waals surface area contributed by atoms with Gasteiger partial charge in [-0.15, -0.1) is 0 Å². The first-order valence-corrected chi connectivity index (χ1v) is 9.57. The number of aryl methyl sites for hydroxylation is 1. The first-order chi connectivity index (χ1) is 15.0. The third-order valence-electron chi connectivity index (χ3n) is 4.96. The second kappa shape index (κ2) is 8.35. The Morgan fingerprint density at radius 3 is 2.84 bits per heavy atom. The van der Waals surface area contributed by atoms with E-state index in [0.29, 0.717) is 39.7 Å². The number of furan rings is 1. The van der Waals surface area contributed by atoms with Crippen molar-refractivity contribution in [2.45, 2.75) is 13.5 Å². The second-order valence-corrected chi connectivity index (χ2v) is 6.97. The fourth-order valence-corrected chi connectivity index (χ4v) is 3.28. The zero-order valence-electron chi connectivity index (χ0n) is 17.0. The Kier molecular flexibility index (Phi) is 5.44. The Morgan fingerprint density at radius 2 is 2.06 bits per heavy atom. The molecule has 0 spiro atoms. The number of nitrogen functional groups attached to an aromatic ring is 1. The molecule has 0 aliphatic rings. The van der Waals surface area contributed by atoms with E-state index in [1.54, 1.807) is 50.6 Å². The van der Waals surface area contributed by atoms with Crippen molar-refractivity contribution in [3.63, 3.8) is 0 Å². The number of pyridine rings is 1. The van der Waals surface area contributed by atoms with Crippen molar-refractivity contribution in [3.05, 3.63) is 77.4 Å². The fraction of sp³-hybridized carbons (Fsp3) is 0.130. The van der Waals surface area contributed by atoms with Gasteiger partial charge in [0.1, 0.15) is 23.0 Å². The summed E-state index contributed by atoms with van der Waals surface area (Å²) >= 11 is 0. The number of nitrogens with two attached hydrogens (primary N) is 1. The lowest BCUT2D eigenvalue weighted by Crippen LogP contribution is -2.13. The number of fused-ring (bicyclic) bond motifs is 1. The highest BCUT2D eigenvalue weighted by Crippen LogP contribution is 2.29. The molecule has 0 unspecified atom stereocenters. The topological polar surface area (TPSA) is 102 Å². The van der Waals surface area contributed by atoms with Crippen LogP contribution in [-0.2, 0) is 6.54 Å². The summed E-state index contributed by atoms with van der Waals surface area (Å²) in [5.41, 5.74) is 8.50. The number of nitrogens with zero attached hydrogens (tertiary/aromatic N) is 1. The zero-order chi connectivity index (χ0) is 22.0. The van der Waals surface area contributed by atoms with Gasteiger partial charge in [-0.3, -0.25) is 4.79 Å². The highest BCUT2D eigenvalue weighted by atomic mass is 19.1. The van der Waals surface area contributed by atoms with Gasteiger partial charge in [0.15, 0.2) is 5.76 Å². The second-order valence-electron chi connectivity index (χ2n) is 6.97. The molecule has 0 atom stereocenters. The number of aromatic nitrogens is 1. The Morgan fingerprint density at radius 1 is 1.23 bits per heavy atom. The van der Waals surface area contributed by atoms with Gasteiger partial charge in [-0.1, -0.05) is 0 Å². The van der Waals surface area contributed by atoms with E-state index in [9.17, 15) is 9.18 Å². The Labute approximate surface area is 178 Å². The van der Waals surface area contributed by atoms with E-state index in [2.05, 4.69) is 15.6 Å². The molecule has 2 aromatic carbocycles. The summed E-state index contributed by atoms with van der Waals surface area (Å²) in [5, 5.41) is 6.61. The van der Waals surface area contributed by atoms with E-state index in [-0.39, 0.29) is 12.3 Å². The smallest absolute Gasteiger partial charge is 0.291 e. The van der Waals surface area contributed by atoms with Crippen LogP contribution in [0.15, 0.2) is 59.1 Å². The minimum atomic E-state index is -0.422. The molecule has 2 heterocycles. The summed E-state index contributed by atoms with van der Waals surface area (Å²) in [6.07, 6.45) is 1.58. The largest absolute Gasteiger partial charge is 0.497 e. The predicted molar refractivity (Wildman–Crippen MR) is 118 cm³/mol. The maximum atomic E-state index is 14.3. The van der Waals surface area contributed by atoms with Crippen molar-refractivity contribution < 1.29 is 18.3 Å². The molecule has 4 rings (SSSR count). The third kappa shape index (κ3) is 4.13. The average Bonchev–Trinajstić information content (AvgIpc) is 3.11. The third-order valence-corrected chi connectivity index (χ3v) is 4.96. The number of amides is 1. The van der Waals surface area contributed by atoms with Gasteiger partial charge in [0, 0.05) is 34.9 Å². The molecule has 7 nitrogen and oxygen atoms in total. The number of anilines is 3. The molecule has 0 fully saturated rings. The van der Waals surface area contributed by atoms with Crippen molar-refractivity contribution in [2.24, 2.45) is 0 Å². The van der Waals surface area contributed by atoms with Gasteiger partial charge in [0.25, 0.3) is 5.91 Å². The van der Waals surface area contributed by atoms with Crippen LogP contribution in [0.4, 0.5) is 21.6 Å². The number of hydrogen-bond acceptors (Lipinski definition) is 6. The van der Waals surface area contributed by atoms with Crippen LogP contribution in [0.5, 0.6) is 5.75 Å².